The van der Waals surface area contributed by atoms with Gasteiger partial charge in [-0.15, -0.1) is 0 Å². The van der Waals surface area contributed by atoms with Crippen molar-refractivity contribution in [2.45, 2.75) is 83.6 Å². The lowest BCUT2D eigenvalue weighted by atomic mass is 9.84. The van der Waals surface area contributed by atoms with E-state index in [1.165, 1.54) is 13.1 Å². The molecule has 1 aliphatic carbocycles. The fourth-order valence-corrected chi connectivity index (χ4v) is 6.48. The van der Waals surface area contributed by atoms with E-state index in [4.69, 9.17) is 21.3 Å². The molecule has 5 rings (SSSR count). The number of rotatable bonds is 7. The molecular weight excluding hydrogens is 532 g/mol. The average Bonchev–Trinajstić information content (AvgIpc) is 3.66. The largest absolute Gasteiger partial charge is 0.393 e. The van der Waals surface area contributed by atoms with Gasteiger partial charge >= 0.3 is 0 Å². The summed E-state index contributed by atoms with van der Waals surface area (Å²) in [6.45, 7) is 10.8. The topological polar surface area (TPSA) is 153 Å². The van der Waals surface area contributed by atoms with Gasteiger partial charge < -0.3 is 37.1 Å². The molecule has 2 aromatic rings. The highest BCUT2D eigenvalue weighted by Crippen LogP contribution is 2.50. The van der Waals surface area contributed by atoms with Gasteiger partial charge in [-0.25, -0.2) is 0 Å². The lowest BCUT2D eigenvalue weighted by molar-refractivity contribution is -0.170. The number of ether oxygens (including phenoxy) is 1. The second-order valence-corrected chi connectivity index (χ2v) is 13.0. The van der Waals surface area contributed by atoms with Crippen LogP contribution in [0.3, 0.4) is 0 Å². The van der Waals surface area contributed by atoms with Crippen molar-refractivity contribution in [2.24, 2.45) is 17.4 Å². The summed E-state index contributed by atoms with van der Waals surface area (Å²) in [7, 11) is 3.56. The molecule has 1 aromatic carbocycles. The van der Waals surface area contributed by atoms with Crippen LogP contribution in [0, 0.1) is 5.92 Å². The molecule has 3 heterocycles. The Morgan fingerprint density at radius 1 is 1.10 bits per heavy atom. The Kier molecular flexibility index (Phi) is 7.51. The zero-order valence-electron chi connectivity index (χ0n) is 25.7. The van der Waals surface area contributed by atoms with Gasteiger partial charge in [0.25, 0.3) is 5.91 Å². The average molecular weight is 577 g/mol. The third-order valence-corrected chi connectivity index (χ3v) is 8.39. The molecule has 2 aliphatic heterocycles. The molecule has 0 radical (unpaired) electrons. The van der Waals surface area contributed by atoms with Gasteiger partial charge in [0.1, 0.15) is 11.5 Å². The van der Waals surface area contributed by atoms with Crippen LogP contribution in [0.1, 0.15) is 78.1 Å². The first-order valence-corrected chi connectivity index (χ1v) is 14.6. The number of nitrogens with zero attached hydrogens (tertiary/aromatic N) is 3. The van der Waals surface area contributed by atoms with Crippen molar-refractivity contribution in [1.82, 2.24) is 20.4 Å². The van der Waals surface area contributed by atoms with Crippen molar-refractivity contribution < 1.29 is 14.3 Å². The Morgan fingerprint density at radius 3 is 2.38 bits per heavy atom. The number of anilines is 2. The van der Waals surface area contributed by atoms with Gasteiger partial charge in [-0.05, 0) is 66.4 Å². The summed E-state index contributed by atoms with van der Waals surface area (Å²) >= 11 is 0. The van der Waals surface area contributed by atoms with E-state index in [9.17, 15) is 9.59 Å². The van der Waals surface area contributed by atoms with E-state index < -0.39 is 5.91 Å². The molecule has 226 valence electrons. The molecule has 0 spiro atoms. The zero-order chi connectivity index (χ0) is 30.6. The highest BCUT2D eigenvalue weighted by Gasteiger charge is 2.42. The number of carbonyl (C=O) groups is 2. The van der Waals surface area contributed by atoms with Crippen molar-refractivity contribution >= 4 is 23.2 Å². The Labute approximate surface area is 247 Å². The van der Waals surface area contributed by atoms with E-state index in [0.29, 0.717) is 0 Å². The van der Waals surface area contributed by atoms with Gasteiger partial charge in [0.2, 0.25) is 5.91 Å². The van der Waals surface area contributed by atoms with Gasteiger partial charge in [-0.1, -0.05) is 12.1 Å². The number of nitrogens with one attached hydrogen (secondary N) is 3. The maximum absolute atomic E-state index is 12.6. The standard InChI is InChI=1S/C31H44N8O3/c1-17-26-21(16-35-39(26)19-14-30(2,3)42-31(4,5)15-19)20-9-8-10-22(27(20)38(17)7)36-23(25(33)29(41)34-6)13-24(32)37-28(40)18-11-12-18/h8-10,13,16-19,36H,11-12,14-15,32-33H2,1-7H3,(H,34,41)(H,37,40)/b24-13+,25-23+. The van der Waals surface area contributed by atoms with E-state index in [2.05, 4.69) is 73.3 Å². The monoisotopic (exact) mass is 576 g/mol. The molecule has 11 heteroatoms. The number of allylic oxidation sites excluding steroid dienone is 1. The molecule has 1 aromatic heterocycles. The van der Waals surface area contributed by atoms with Crippen molar-refractivity contribution in [3.05, 3.63) is 53.4 Å². The number of hydrogen-bond acceptors (Lipinski definition) is 8. The Morgan fingerprint density at radius 2 is 1.76 bits per heavy atom. The number of benzene rings is 1. The molecule has 1 saturated heterocycles. The van der Waals surface area contributed by atoms with Gasteiger partial charge in [0, 0.05) is 37.2 Å². The summed E-state index contributed by atoms with van der Waals surface area (Å²) in [5.74, 6) is -0.502. The molecule has 3 aliphatic rings. The number of para-hydroxylation sites is 1. The number of nitrogens with two attached hydrogens (primary N) is 2. The molecule has 0 bridgehead atoms. The second-order valence-electron chi connectivity index (χ2n) is 13.0. The van der Waals surface area contributed by atoms with E-state index >= 15 is 0 Å². The van der Waals surface area contributed by atoms with E-state index in [-0.39, 0.29) is 52.3 Å². The SMILES string of the molecule is CNC(=O)/C(N)=C(/C=C(\N)NC(=O)C1CC1)Nc1cccc2c1N(C)C(C)c1c-2cnn1C1CC(C)(C)OC(C)(C)C1. The molecule has 42 heavy (non-hydrogen) atoms. The third-order valence-electron chi connectivity index (χ3n) is 8.39. The van der Waals surface area contributed by atoms with Crippen molar-refractivity contribution in [3.8, 4) is 11.1 Å². The number of aromatic nitrogens is 2. The molecule has 1 atom stereocenters. The number of amides is 2. The maximum atomic E-state index is 12.6. The summed E-state index contributed by atoms with van der Waals surface area (Å²) in [6, 6.07) is 6.19. The Bertz CT molecular complexity index is 1450. The summed E-state index contributed by atoms with van der Waals surface area (Å²) in [6.07, 6.45) is 6.89. The van der Waals surface area contributed by atoms with Crippen LogP contribution in [-0.4, -0.2) is 46.9 Å². The highest BCUT2D eigenvalue weighted by molar-refractivity contribution is 5.96. The quantitative estimate of drug-likeness (QED) is 0.248. The summed E-state index contributed by atoms with van der Waals surface area (Å²) in [5.41, 5.74) is 17.1. The summed E-state index contributed by atoms with van der Waals surface area (Å²) in [4.78, 5) is 27.1. The number of hydrogen-bond donors (Lipinski definition) is 5. The predicted octanol–water partition coefficient (Wildman–Crippen LogP) is 3.62. The van der Waals surface area contributed by atoms with Crippen molar-refractivity contribution in [2.75, 3.05) is 24.3 Å². The fourth-order valence-electron chi connectivity index (χ4n) is 6.48. The van der Waals surface area contributed by atoms with Crippen LogP contribution < -0.4 is 32.3 Å². The van der Waals surface area contributed by atoms with Crippen molar-refractivity contribution in [1.29, 1.82) is 0 Å². The molecule has 2 fully saturated rings. The van der Waals surface area contributed by atoms with Crippen LogP contribution in [0.2, 0.25) is 0 Å². The fraction of sp³-hybridized carbons (Fsp3) is 0.516. The second kappa shape index (κ2) is 10.7. The lowest BCUT2D eigenvalue weighted by Crippen LogP contribution is -2.46. The van der Waals surface area contributed by atoms with Crippen LogP contribution >= 0.6 is 0 Å². The van der Waals surface area contributed by atoms with Gasteiger partial charge in [0.15, 0.2) is 0 Å². The summed E-state index contributed by atoms with van der Waals surface area (Å²) in [5, 5.41) is 13.6. The van der Waals surface area contributed by atoms with E-state index in [1.54, 1.807) is 0 Å². The van der Waals surface area contributed by atoms with Crippen LogP contribution in [0.25, 0.3) is 11.1 Å². The van der Waals surface area contributed by atoms with Gasteiger partial charge in [-0.3, -0.25) is 14.3 Å². The van der Waals surface area contributed by atoms with Crippen molar-refractivity contribution in [3.63, 3.8) is 0 Å². The predicted molar refractivity (Wildman–Crippen MR) is 164 cm³/mol. The van der Waals surface area contributed by atoms with Crippen LogP contribution in [-0.2, 0) is 14.3 Å². The number of fused-ring (bicyclic) bond motifs is 3. The first-order chi connectivity index (χ1) is 19.7. The van der Waals surface area contributed by atoms with E-state index in [1.807, 2.05) is 18.3 Å². The van der Waals surface area contributed by atoms with Crippen LogP contribution in [0.5, 0.6) is 0 Å². The smallest absolute Gasteiger partial charge is 0.269 e. The first kappa shape index (κ1) is 29.5. The third kappa shape index (κ3) is 5.70. The lowest BCUT2D eigenvalue weighted by Gasteiger charge is -2.46. The van der Waals surface area contributed by atoms with Crippen LogP contribution in [0.4, 0.5) is 11.4 Å². The highest BCUT2D eigenvalue weighted by atomic mass is 16.5. The molecule has 11 nitrogen and oxygen atoms in total. The maximum Gasteiger partial charge on any atom is 0.269 e. The zero-order valence-corrected chi connectivity index (χ0v) is 25.7. The molecule has 1 saturated carbocycles. The molecular formula is C31H44N8O3. The molecule has 7 N–H and O–H groups in total. The van der Waals surface area contributed by atoms with E-state index in [0.717, 1.165) is 53.9 Å². The Balaban J connectivity index is 1.53. The minimum absolute atomic E-state index is 0.00850. The van der Waals surface area contributed by atoms with Gasteiger partial charge in [-0.2, -0.15) is 5.10 Å². The number of likely N-dealkylation sites (N-methyl/N-ethyl adjacent to an activating group) is 1. The Hall–Kier alpha value is -3.99. The van der Waals surface area contributed by atoms with Gasteiger partial charge in [0.05, 0.1) is 52.2 Å². The van der Waals surface area contributed by atoms with Crippen LogP contribution in [0.15, 0.2) is 47.7 Å². The number of carbonyl (C=O) groups excluding carboxylic acids is 2. The minimum atomic E-state index is -0.465. The molecule has 1 unspecified atom stereocenters. The summed E-state index contributed by atoms with van der Waals surface area (Å²) < 4.78 is 8.56. The normalized spacial score (nSPS) is 22.0. The first-order valence-electron chi connectivity index (χ1n) is 14.6. The minimum Gasteiger partial charge on any atom is -0.393 e. The molecule has 2 amide bonds.